The van der Waals surface area contributed by atoms with Crippen LogP contribution in [0.2, 0.25) is 0 Å². The van der Waals surface area contributed by atoms with Gasteiger partial charge < -0.3 is 50.0 Å². The number of aliphatic hydroxyl groups excluding tert-OH is 7. The first-order chi connectivity index (χ1) is 9.86. The van der Waals surface area contributed by atoms with E-state index in [0.717, 1.165) is 0 Å². The predicted octanol–water partition coefficient (Wildman–Crippen LogP) is -4.76. The van der Waals surface area contributed by atoms with Crippen molar-refractivity contribution in [1.82, 2.24) is 0 Å². The van der Waals surface area contributed by atoms with Crippen LogP contribution < -0.4 is 0 Å². The zero-order valence-electron chi connectivity index (χ0n) is 11.0. The number of rotatable bonds is 3. The summed E-state index contributed by atoms with van der Waals surface area (Å²) in [6.07, 6.45) is -13.3. The summed E-state index contributed by atoms with van der Waals surface area (Å²) in [5.41, 5.74) is 0. The van der Waals surface area contributed by atoms with Crippen LogP contribution in [-0.2, 0) is 14.2 Å². The zero-order valence-corrected chi connectivity index (χ0v) is 11.0. The highest BCUT2D eigenvalue weighted by molar-refractivity contribution is 4.91. The van der Waals surface area contributed by atoms with Crippen LogP contribution in [0.25, 0.3) is 0 Å². The first kappa shape index (κ1) is 17.0. The van der Waals surface area contributed by atoms with E-state index in [1.54, 1.807) is 0 Å². The van der Waals surface area contributed by atoms with E-state index >= 15 is 0 Å². The van der Waals surface area contributed by atoms with Crippen molar-refractivity contribution in [2.45, 2.75) is 55.3 Å². The van der Waals surface area contributed by atoms with Crippen LogP contribution in [0.5, 0.6) is 0 Å². The summed E-state index contributed by atoms with van der Waals surface area (Å²) in [6, 6.07) is 0. The van der Waals surface area contributed by atoms with Crippen molar-refractivity contribution in [3.05, 3.63) is 0 Å². The third kappa shape index (κ3) is 3.35. The quantitative estimate of drug-likeness (QED) is 0.268. The molecule has 0 spiro atoms. The van der Waals surface area contributed by atoms with Crippen molar-refractivity contribution in [2.24, 2.45) is 0 Å². The van der Waals surface area contributed by atoms with Gasteiger partial charge in [0.15, 0.2) is 12.6 Å². The lowest BCUT2D eigenvalue weighted by atomic mass is 9.98. The third-order valence-electron chi connectivity index (χ3n) is 3.59. The van der Waals surface area contributed by atoms with E-state index in [4.69, 9.17) is 14.6 Å². The molecule has 10 nitrogen and oxygen atoms in total. The van der Waals surface area contributed by atoms with Crippen LogP contribution in [0.1, 0.15) is 0 Å². The Morgan fingerprint density at radius 2 is 1.57 bits per heavy atom. The molecule has 0 aromatic carbocycles. The molecule has 2 heterocycles. The molecule has 0 saturated carbocycles. The largest absolute Gasteiger partial charge is 0.394 e. The number of aliphatic hydroxyl groups is 7. The summed E-state index contributed by atoms with van der Waals surface area (Å²) in [6.45, 7) is -0.938. The zero-order chi connectivity index (χ0) is 15.7. The Morgan fingerprint density at radius 3 is 2.19 bits per heavy atom. The molecule has 0 unspecified atom stereocenters. The summed E-state index contributed by atoms with van der Waals surface area (Å²) in [7, 11) is 0. The van der Waals surface area contributed by atoms with Crippen molar-refractivity contribution in [3.63, 3.8) is 0 Å². The van der Waals surface area contributed by atoms with Crippen molar-refractivity contribution >= 4 is 0 Å². The molecule has 9 atom stereocenters. The number of ether oxygens (including phenoxy) is 3. The lowest BCUT2D eigenvalue weighted by Crippen LogP contribution is -2.62. The smallest absolute Gasteiger partial charge is 0.187 e. The third-order valence-corrected chi connectivity index (χ3v) is 3.59. The molecular weight excluding hydrogens is 292 g/mol. The summed E-state index contributed by atoms with van der Waals surface area (Å²) >= 11 is 0. The van der Waals surface area contributed by atoms with Gasteiger partial charge in [-0.05, 0) is 0 Å². The van der Waals surface area contributed by atoms with Crippen LogP contribution in [0.3, 0.4) is 0 Å². The Kier molecular flexibility index (Phi) is 5.48. The van der Waals surface area contributed by atoms with Gasteiger partial charge in [0.25, 0.3) is 0 Å². The molecule has 0 aliphatic carbocycles. The Bertz CT molecular complexity index is 339. The minimum absolute atomic E-state index is 0.305. The second-order valence-electron chi connectivity index (χ2n) is 5.08. The van der Waals surface area contributed by atoms with Crippen LogP contribution in [0.4, 0.5) is 0 Å². The molecule has 0 aromatic rings. The minimum atomic E-state index is -1.66. The average Bonchev–Trinajstić information content (AvgIpc) is 2.47. The van der Waals surface area contributed by atoms with Crippen LogP contribution in [0, 0.1) is 0 Å². The maximum Gasteiger partial charge on any atom is 0.187 e. The second-order valence-corrected chi connectivity index (χ2v) is 5.08. The van der Waals surface area contributed by atoms with Gasteiger partial charge in [0, 0.05) is 0 Å². The maximum absolute atomic E-state index is 9.79. The lowest BCUT2D eigenvalue weighted by Gasteiger charge is -2.43. The van der Waals surface area contributed by atoms with E-state index in [-0.39, 0.29) is 6.61 Å². The Morgan fingerprint density at radius 1 is 0.905 bits per heavy atom. The number of hydrogen-bond acceptors (Lipinski definition) is 10. The van der Waals surface area contributed by atoms with Crippen LogP contribution in [-0.4, -0.2) is 104 Å². The highest BCUT2D eigenvalue weighted by Gasteiger charge is 2.48. The first-order valence-corrected chi connectivity index (χ1v) is 6.48. The van der Waals surface area contributed by atoms with Gasteiger partial charge >= 0.3 is 0 Å². The van der Waals surface area contributed by atoms with E-state index in [9.17, 15) is 30.6 Å². The molecule has 2 aliphatic heterocycles. The fourth-order valence-electron chi connectivity index (χ4n) is 2.29. The van der Waals surface area contributed by atoms with Gasteiger partial charge in [0.05, 0.1) is 13.2 Å². The van der Waals surface area contributed by atoms with Crippen LogP contribution >= 0.6 is 0 Å². The van der Waals surface area contributed by atoms with Crippen molar-refractivity contribution in [2.75, 3.05) is 13.2 Å². The van der Waals surface area contributed by atoms with Crippen molar-refractivity contribution in [3.8, 4) is 0 Å². The SMILES string of the molecule is OC[C@@H]1O[C@H](O[C@H]2[C@H](O)[C@@H](O)OC[C@@H]2O)[C@@H](O)[C@H](O)[C@H]1O. The molecule has 124 valence electrons. The molecule has 0 aromatic heterocycles. The molecule has 0 bridgehead atoms. The maximum atomic E-state index is 9.79. The predicted molar refractivity (Wildman–Crippen MR) is 62.6 cm³/mol. The summed E-state index contributed by atoms with van der Waals surface area (Å²) in [5, 5.41) is 66.8. The molecule has 0 radical (unpaired) electrons. The van der Waals surface area contributed by atoms with Gasteiger partial charge in [-0.1, -0.05) is 0 Å². The van der Waals surface area contributed by atoms with E-state index in [0.29, 0.717) is 0 Å². The van der Waals surface area contributed by atoms with Crippen LogP contribution in [0.15, 0.2) is 0 Å². The van der Waals surface area contributed by atoms with Gasteiger partial charge in [-0.2, -0.15) is 0 Å². The Balaban J connectivity index is 2.06. The summed E-state index contributed by atoms with van der Waals surface area (Å²) < 4.78 is 15.0. The lowest BCUT2D eigenvalue weighted by molar-refractivity contribution is -0.345. The fourth-order valence-corrected chi connectivity index (χ4v) is 2.29. The molecule has 0 amide bonds. The molecule has 2 aliphatic rings. The molecule has 2 fully saturated rings. The molecule has 2 saturated heterocycles. The van der Waals surface area contributed by atoms with Gasteiger partial charge in [0.2, 0.25) is 0 Å². The molecule has 7 N–H and O–H groups in total. The Labute approximate surface area is 119 Å². The minimum Gasteiger partial charge on any atom is -0.394 e. The van der Waals surface area contributed by atoms with E-state index in [1.165, 1.54) is 0 Å². The topological polar surface area (TPSA) is 169 Å². The summed E-state index contributed by atoms with van der Waals surface area (Å²) in [4.78, 5) is 0. The standard InChI is InChI=1S/C11H20O10/c12-1-4-5(14)6(15)7(16)11(20-4)21-9-3(13)2-19-10(18)8(9)17/h3-18H,1-2H2/t3-,4-,5-,6+,7-,8-,9+,10-,11+/m0/s1. The molecule has 10 heteroatoms. The Hall–Kier alpha value is -0.400. The molecular formula is C11H20O10. The van der Waals surface area contributed by atoms with E-state index in [1.807, 2.05) is 0 Å². The molecule has 21 heavy (non-hydrogen) atoms. The normalized spacial score (nSPS) is 51.9. The van der Waals surface area contributed by atoms with Gasteiger partial charge in [-0.25, -0.2) is 0 Å². The fraction of sp³-hybridized carbons (Fsp3) is 1.00. The van der Waals surface area contributed by atoms with Gasteiger partial charge in [0.1, 0.15) is 42.7 Å². The van der Waals surface area contributed by atoms with Gasteiger partial charge in [-0.3, -0.25) is 0 Å². The first-order valence-electron chi connectivity index (χ1n) is 6.48. The second kappa shape index (κ2) is 6.79. The molecule has 2 rings (SSSR count). The van der Waals surface area contributed by atoms with Gasteiger partial charge in [-0.15, -0.1) is 0 Å². The highest BCUT2D eigenvalue weighted by atomic mass is 16.7. The average molecular weight is 312 g/mol. The van der Waals surface area contributed by atoms with Crippen molar-refractivity contribution < 1.29 is 50.0 Å². The number of hydrogen-bond donors (Lipinski definition) is 7. The summed E-state index contributed by atoms with van der Waals surface area (Å²) in [5.74, 6) is 0. The van der Waals surface area contributed by atoms with E-state index < -0.39 is 61.9 Å². The van der Waals surface area contributed by atoms with E-state index in [2.05, 4.69) is 4.74 Å². The van der Waals surface area contributed by atoms with Crippen molar-refractivity contribution in [1.29, 1.82) is 0 Å². The monoisotopic (exact) mass is 312 g/mol. The highest BCUT2D eigenvalue weighted by Crippen LogP contribution is 2.26.